The maximum absolute atomic E-state index is 13.1. The smallest absolute Gasteiger partial charge is 0.274 e. The molecule has 0 aliphatic carbocycles. The number of nitrogens with one attached hydrogen (secondary N) is 2. The summed E-state index contributed by atoms with van der Waals surface area (Å²) in [5.74, 6) is 1.11. The van der Waals surface area contributed by atoms with Gasteiger partial charge in [0.05, 0.1) is 12.0 Å². The summed E-state index contributed by atoms with van der Waals surface area (Å²) in [5.41, 5.74) is 3.39. The minimum Gasteiger partial charge on any atom is -0.463 e. The van der Waals surface area contributed by atoms with E-state index in [1.54, 1.807) is 35.5 Å². The van der Waals surface area contributed by atoms with Gasteiger partial charge in [0.25, 0.3) is 5.91 Å². The predicted octanol–water partition coefficient (Wildman–Crippen LogP) is 4.77. The highest BCUT2D eigenvalue weighted by atomic mass is 16.3. The third-order valence-corrected chi connectivity index (χ3v) is 4.63. The number of H-pyrrole nitrogens is 1. The second kappa shape index (κ2) is 7.56. The molecule has 146 valence electrons. The van der Waals surface area contributed by atoms with Gasteiger partial charge in [0.15, 0.2) is 5.76 Å². The van der Waals surface area contributed by atoms with E-state index in [9.17, 15) is 4.79 Å². The van der Waals surface area contributed by atoms with Gasteiger partial charge in [-0.25, -0.2) is 9.67 Å². The second-order valence-electron chi connectivity index (χ2n) is 6.61. The minimum atomic E-state index is -0.269. The number of anilines is 1. The van der Waals surface area contributed by atoms with Gasteiger partial charge in [0.1, 0.15) is 17.2 Å². The molecule has 0 spiro atoms. The topological polar surface area (TPSA) is 88.7 Å². The van der Waals surface area contributed by atoms with E-state index in [4.69, 9.17) is 4.42 Å². The lowest BCUT2D eigenvalue weighted by Gasteiger charge is -2.08. The Bertz CT molecular complexity index is 1260. The summed E-state index contributed by atoms with van der Waals surface area (Å²) >= 11 is 0. The van der Waals surface area contributed by atoms with Crippen molar-refractivity contribution in [3.05, 3.63) is 97.1 Å². The lowest BCUT2D eigenvalue weighted by Crippen LogP contribution is -2.16. The molecule has 5 aromatic rings. The van der Waals surface area contributed by atoms with Crippen LogP contribution in [0.25, 0.3) is 28.5 Å². The Morgan fingerprint density at radius 3 is 2.53 bits per heavy atom. The number of aromatic amines is 1. The van der Waals surface area contributed by atoms with E-state index in [0.29, 0.717) is 22.8 Å². The van der Waals surface area contributed by atoms with Crippen molar-refractivity contribution in [2.24, 2.45) is 0 Å². The number of rotatable bonds is 5. The van der Waals surface area contributed by atoms with Crippen LogP contribution in [-0.4, -0.2) is 25.7 Å². The number of aromatic nitrogens is 4. The Morgan fingerprint density at radius 2 is 1.83 bits per heavy atom. The minimum absolute atomic E-state index is 0.269. The molecule has 5 rings (SSSR count). The monoisotopic (exact) mass is 395 g/mol. The molecule has 1 amide bonds. The predicted molar refractivity (Wildman–Crippen MR) is 113 cm³/mol. The molecule has 7 heteroatoms. The molecule has 2 aromatic carbocycles. The Hall–Kier alpha value is -4.39. The maximum atomic E-state index is 13.1. The van der Waals surface area contributed by atoms with E-state index in [2.05, 4.69) is 20.4 Å². The Kier molecular flexibility index (Phi) is 4.46. The molecule has 0 atom stereocenters. The number of furan rings is 1. The first-order valence-corrected chi connectivity index (χ1v) is 9.38. The van der Waals surface area contributed by atoms with Gasteiger partial charge in [-0.2, -0.15) is 5.10 Å². The van der Waals surface area contributed by atoms with Crippen LogP contribution in [0.15, 0.2) is 95.9 Å². The Balaban J connectivity index is 1.46. The van der Waals surface area contributed by atoms with Gasteiger partial charge in [-0.05, 0) is 48.5 Å². The molecule has 0 bridgehead atoms. The van der Waals surface area contributed by atoms with Crippen LogP contribution in [0.3, 0.4) is 0 Å². The van der Waals surface area contributed by atoms with Crippen LogP contribution < -0.4 is 5.32 Å². The number of carbonyl (C=O) groups is 1. The van der Waals surface area contributed by atoms with Crippen molar-refractivity contribution in [2.45, 2.75) is 0 Å². The summed E-state index contributed by atoms with van der Waals surface area (Å²) in [4.78, 5) is 20.4. The van der Waals surface area contributed by atoms with Gasteiger partial charge in [-0.3, -0.25) is 4.79 Å². The largest absolute Gasteiger partial charge is 0.463 e. The van der Waals surface area contributed by atoms with Gasteiger partial charge in [-0.1, -0.05) is 18.2 Å². The molecule has 2 N–H and O–H groups in total. The fourth-order valence-electron chi connectivity index (χ4n) is 3.18. The van der Waals surface area contributed by atoms with Crippen molar-refractivity contribution in [1.29, 1.82) is 0 Å². The van der Waals surface area contributed by atoms with E-state index in [1.165, 1.54) is 0 Å². The first-order valence-electron chi connectivity index (χ1n) is 9.38. The van der Waals surface area contributed by atoms with Gasteiger partial charge < -0.3 is 14.7 Å². The average molecular weight is 395 g/mol. The first-order chi connectivity index (χ1) is 14.8. The molecular weight excluding hydrogens is 378 g/mol. The van der Waals surface area contributed by atoms with E-state index >= 15 is 0 Å². The van der Waals surface area contributed by atoms with E-state index in [-0.39, 0.29) is 5.91 Å². The van der Waals surface area contributed by atoms with Gasteiger partial charge in [0, 0.05) is 29.7 Å². The fraction of sp³-hybridized carbons (Fsp3) is 0. The summed E-state index contributed by atoms with van der Waals surface area (Å²) in [6.07, 6.45) is 5.05. The average Bonchev–Trinajstić information content (AvgIpc) is 3.56. The molecule has 0 unspecified atom stereocenters. The number of amides is 1. The summed E-state index contributed by atoms with van der Waals surface area (Å²) in [7, 11) is 0. The summed E-state index contributed by atoms with van der Waals surface area (Å²) in [5, 5.41) is 7.52. The standard InChI is InChI=1S/C23H17N5O2/c29-23(26-17-10-8-16(9-11-17)22-24-12-13-25-22)20-15-19(21-7-4-14-30-21)27-28(20)18-5-2-1-3-6-18/h1-15H,(H,24,25)(H,26,29). The van der Waals surface area contributed by atoms with E-state index in [0.717, 1.165) is 17.1 Å². The normalized spacial score (nSPS) is 10.8. The first kappa shape index (κ1) is 17.7. The molecule has 0 saturated carbocycles. The molecule has 0 fully saturated rings. The van der Waals surface area contributed by atoms with Crippen molar-refractivity contribution < 1.29 is 9.21 Å². The number of nitrogens with zero attached hydrogens (tertiary/aromatic N) is 3. The molecular formula is C23H17N5O2. The van der Waals surface area contributed by atoms with Crippen LogP contribution in [-0.2, 0) is 0 Å². The molecule has 30 heavy (non-hydrogen) atoms. The number of hydrogen-bond acceptors (Lipinski definition) is 4. The summed E-state index contributed by atoms with van der Waals surface area (Å²) < 4.78 is 7.07. The molecule has 7 nitrogen and oxygen atoms in total. The van der Waals surface area contributed by atoms with Crippen molar-refractivity contribution in [3.8, 4) is 28.5 Å². The molecule has 0 aliphatic heterocycles. The van der Waals surface area contributed by atoms with Crippen LogP contribution in [0.4, 0.5) is 5.69 Å². The zero-order chi connectivity index (χ0) is 20.3. The van der Waals surface area contributed by atoms with Gasteiger partial charge in [0.2, 0.25) is 0 Å². The molecule has 3 heterocycles. The van der Waals surface area contributed by atoms with Crippen LogP contribution in [0.2, 0.25) is 0 Å². The highest BCUT2D eigenvalue weighted by molar-refractivity contribution is 6.04. The maximum Gasteiger partial charge on any atom is 0.274 e. The number of benzene rings is 2. The second-order valence-corrected chi connectivity index (χ2v) is 6.61. The van der Waals surface area contributed by atoms with Crippen molar-refractivity contribution in [2.75, 3.05) is 5.32 Å². The van der Waals surface area contributed by atoms with Gasteiger partial charge >= 0.3 is 0 Å². The number of imidazole rings is 1. The van der Waals surface area contributed by atoms with Crippen molar-refractivity contribution in [1.82, 2.24) is 19.7 Å². The number of hydrogen-bond donors (Lipinski definition) is 2. The highest BCUT2D eigenvalue weighted by Crippen LogP contribution is 2.23. The number of carbonyl (C=O) groups excluding carboxylic acids is 1. The number of para-hydroxylation sites is 1. The van der Waals surface area contributed by atoms with Crippen LogP contribution >= 0.6 is 0 Å². The van der Waals surface area contributed by atoms with Crippen LogP contribution in [0.5, 0.6) is 0 Å². The Labute approximate surface area is 172 Å². The third-order valence-electron chi connectivity index (χ3n) is 4.63. The van der Waals surface area contributed by atoms with E-state index < -0.39 is 0 Å². The summed E-state index contributed by atoms with van der Waals surface area (Å²) in [6, 6.07) is 22.3. The third kappa shape index (κ3) is 3.40. The van der Waals surface area contributed by atoms with Crippen LogP contribution in [0, 0.1) is 0 Å². The van der Waals surface area contributed by atoms with E-state index in [1.807, 2.05) is 60.7 Å². The fourth-order valence-corrected chi connectivity index (χ4v) is 3.18. The molecule has 3 aromatic heterocycles. The lowest BCUT2D eigenvalue weighted by molar-refractivity contribution is 0.101. The highest BCUT2D eigenvalue weighted by Gasteiger charge is 2.19. The van der Waals surface area contributed by atoms with Crippen molar-refractivity contribution >= 4 is 11.6 Å². The zero-order valence-electron chi connectivity index (χ0n) is 15.8. The van der Waals surface area contributed by atoms with Crippen LogP contribution in [0.1, 0.15) is 10.5 Å². The molecule has 0 aliphatic rings. The van der Waals surface area contributed by atoms with Crippen molar-refractivity contribution in [3.63, 3.8) is 0 Å². The molecule has 0 saturated heterocycles. The quantitative estimate of drug-likeness (QED) is 0.448. The molecule has 0 radical (unpaired) electrons. The zero-order valence-corrected chi connectivity index (χ0v) is 15.8. The Morgan fingerprint density at radius 1 is 1.00 bits per heavy atom. The summed E-state index contributed by atoms with van der Waals surface area (Å²) in [6.45, 7) is 0. The SMILES string of the molecule is O=C(Nc1ccc(-c2ncc[nH]2)cc1)c1cc(-c2ccco2)nn1-c1ccccc1. The lowest BCUT2D eigenvalue weighted by atomic mass is 10.2. The van der Waals surface area contributed by atoms with Gasteiger partial charge in [-0.15, -0.1) is 0 Å².